The van der Waals surface area contributed by atoms with Crippen molar-refractivity contribution in [3.8, 4) is 5.75 Å². The van der Waals surface area contributed by atoms with Gasteiger partial charge in [-0.1, -0.05) is 34.1 Å². The summed E-state index contributed by atoms with van der Waals surface area (Å²) in [5, 5.41) is 0. The molecule has 2 aromatic carbocycles. The van der Waals surface area contributed by atoms with Gasteiger partial charge in [-0.25, -0.2) is 0 Å². The fourth-order valence-electron chi connectivity index (χ4n) is 2.51. The molecule has 5 heteroatoms. The van der Waals surface area contributed by atoms with E-state index in [4.69, 9.17) is 10.5 Å². The summed E-state index contributed by atoms with van der Waals surface area (Å²) in [5.74, 6) is 1.35. The van der Waals surface area contributed by atoms with Crippen molar-refractivity contribution in [1.82, 2.24) is 0 Å². The second kappa shape index (κ2) is 5.77. The van der Waals surface area contributed by atoms with Crippen LogP contribution in [0.1, 0.15) is 11.6 Å². The summed E-state index contributed by atoms with van der Waals surface area (Å²) in [7, 11) is 1.66. The Balaban J connectivity index is 1.97. The summed E-state index contributed by atoms with van der Waals surface area (Å²) in [6, 6.07) is 16.2. The zero-order valence-electron chi connectivity index (χ0n) is 11.7. The molecule has 0 aromatic heterocycles. The van der Waals surface area contributed by atoms with Gasteiger partial charge in [-0.15, -0.1) is 0 Å². The molecule has 108 valence electrons. The van der Waals surface area contributed by atoms with E-state index in [0.29, 0.717) is 12.5 Å². The molecule has 0 aliphatic carbocycles. The molecule has 2 aromatic rings. The van der Waals surface area contributed by atoms with E-state index in [-0.39, 0.29) is 6.04 Å². The van der Waals surface area contributed by atoms with E-state index in [9.17, 15) is 0 Å². The summed E-state index contributed by atoms with van der Waals surface area (Å²) in [6.45, 7) is 0.657. The maximum atomic E-state index is 6.09. The number of nitrogens with zero attached hydrogens (tertiary/aromatic N) is 2. The first-order valence-corrected chi connectivity index (χ1v) is 7.47. The van der Waals surface area contributed by atoms with Crippen LogP contribution in [0.15, 0.2) is 58.0 Å². The van der Waals surface area contributed by atoms with Crippen molar-refractivity contribution in [2.75, 3.05) is 18.6 Å². The average molecular weight is 346 g/mol. The molecule has 4 nitrogen and oxygen atoms in total. The van der Waals surface area contributed by atoms with Gasteiger partial charge in [0.15, 0.2) is 5.96 Å². The predicted octanol–water partition coefficient (Wildman–Crippen LogP) is 3.33. The highest BCUT2D eigenvalue weighted by Gasteiger charge is 2.28. The lowest BCUT2D eigenvalue weighted by Crippen LogP contribution is -2.36. The van der Waals surface area contributed by atoms with Crippen molar-refractivity contribution in [3.63, 3.8) is 0 Å². The van der Waals surface area contributed by atoms with Crippen LogP contribution in [0.25, 0.3) is 0 Å². The van der Waals surface area contributed by atoms with Gasteiger partial charge in [0, 0.05) is 16.2 Å². The first-order chi connectivity index (χ1) is 10.2. The van der Waals surface area contributed by atoms with Crippen molar-refractivity contribution in [1.29, 1.82) is 0 Å². The molecule has 1 aliphatic heterocycles. The largest absolute Gasteiger partial charge is 0.497 e. The first kappa shape index (κ1) is 13.9. The van der Waals surface area contributed by atoms with Crippen LogP contribution in [-0.4, -0.2) is 19.6 Å². The van der Waals surface area contributed by atoms with E-state index in [1.807, 2.05) is 41.3 Å². The number of nitrogens with two attached hydrogens (primary N) is 1. The van der Waals surface area contributed by atoms with Gasteiger partial charge in [0.05, 0.1) is 19.7 Å². The molecule has 0 amide bonds. The minimum atomic E-state index is 0.116. The highest BCUT2D eigenvalue weighted by molar-refractivity contribution is 9.10. The number of methoxy groups -OCH3 is 1. The third kappa shape index (κ3) is 2.74. The van der Waals surface area contributed by atoms with Crippen LogP contribution in [-0.2, 0) is 0 Å². The normalized spacial score (nSPS) is 17.7. The van der Waals surface area contributed by atoms with Gasteiger partial charge >= 0.3 is 0 Å². The van der Waals surface area contributed by atoms with Crippen molar-refractivity contribution in [2.24, 2.45) is 10.7 Å². The van der Waals surface area contributed by atoms with Crippen LogP contribution in [0.3, 0.4) is 0 Å². The Hall–Kier alpha value is -2.01. The highest BCUT2D eigenvalue weighted by Crippen LogP contribution is 2.33. The molecular weight excluding hydrogens is 330 g/mol. The number of aliphatic imine (C=N–C) groups is 1. The zero-order valence-corrected chi connectivity index (χ0v) is 13.2. The van der Waals surface area contributed by atoms with Crippen LogP contribution < -0.4 is 15.4 Å². The van der Waals surface area contributed by atoms with E-state index < -0.39 is 0 Å². The summed E-state index contributed by atoms with van der Waals surface area (Å²) >= 11 is 3.46. The van der Waals surface area contributed by atoms with Gasteiger partial charge < -0.3 is 15.4 Å². The third-order valence-corrected chi connectivity index (χ3v) is 4.10. The predicted molar refractivity (Wildman–Crippen MR) is 88.8 cm³/mol. The van der Waals surface area contributed by atoms with Crippen LogP contribution in [0.4, 0.5) is 5.69 Å². The lowest BCUT2D eigenvalue weighted by atomic mass is 10.1. The lowest BCUT2D eigenvalue weighted by Gasteiger charge is -2.27. The van der Waals surface area contributed by atoms with Crippen molar-refractivity contribution < 1.29 is 4.74 Å². The van der Waals surface area contributed by atoms with Crippen LogP contribution in [0.2, 0.25) is 0 Å². The number of halogens is 1. The maximum Gasteiger partial charge on any atom is 0.196 e. The van der Waals surface area contributed by atoms with E-state index >= 15 is 0 Å². The van der Waals surface area contributed by atoms with Gasteiger partial charge in [0.1, 0.15) is 5.75 Å². The third-order valence-electron chi connectivity index (χ3n) is 3.57. The minimum absolute atomic E-state index is 0.116. The molecular formula is C16H16BrN3O. The van der Waals surface area contributed by atoms with Crippen molar-refractivity contribution in [2.45, 2.75) is 6.04 Å². The number of benzene rings is 2. The quantitative estimate of drug-likeness (QED) is 0.928. The maximum absolute atomic E-state index is 6.09. The molecule has 2 N–H and O–H groups in total. The Morgan fingerprint density at radius 1 is 1.24 bits per heavy atom. The molecule has 3 rings (SSSR count). The standard InChI is InChI=1S/C16H16BrN3O/c1-21-14-4-2-3-13(9-14)20-15(10-19-16(20)18)11-5-7-12(17)8-6-11/h2-9,15H,10H2,1H3,(H2,18,19). The number of ether oxygens (including phenoxy) is 1. The van der Waals surface area contributed by atoms with Crippen LogP contribution in [0, 0.1) is 0 Å². The molecule has 1 unspecified atom stereocenters. The number of anilines is 1. The Morgan fingerprint density at radius 3 is 2.71 bits per heavy atom. The van der Waals surface area contributed by atoms with E-state index in [1.165, 1.54) is 5.56 Å². The second-order valence-electron chi connectivity index (χ2n) is 4.84. The minimum Gasteiger partial charge on any atom is -0.497 e. The number of guanidine groups is 1. The van der Waals surface area contributed by atoms with Gasteiger partial charge in [-0.05, 0) is 29.8 Å². The molecule has 0 saturated heterocycles. The average Bonchev–Trinajstić information content (AvgIpc) is 2.90. The fraction of sp³-hybridized carbons (Fsp3) is 0.188. The highest BCUT2D eigenvalue weighted by atomic mass is 79.9. The van der Waals surface area contributed by atoms with Crippen LogP contribution in [0.5, 0.6) is 5.75 Å². The molecule has 1 heterocycles. The van der Waals surface area contributed by atoms with Crippen molar-refractivity contribution >= 4 is 27.6 Å². The summed E-state index contributed by atoms with van der Waals surface area (Å²) < 4.78 is 6.35. The summed E-state index contributed by atoms with van der Waals surface area (Å²) in [4.78, 5) is 6.44. The Bertz CT molecular complexity index is 669. The number of hydrogen-bond donors (Lipinski definition) is 1. The van der Waals surface area contributed by atoms with Crippen LogP contribution >= 0.6 is 15.9 Å². The molecule has 0 radical (unpaired) electrons. The molecule has 0 spiro atoms. The summed E-state index contributed by atoms with van der Waals surface area (Å²) in [6.07, 6.45) is 0. The molecule has 21 heavy (non-hydrogen) atoms. The Labute approximate surface area is 132 Å². The molecule has 1 atom stereocenters. The van der Waals surface area contributed by atoms with E-state index in [1.54, 1.807) is 7.11 Å². The molecule has 0 saturated carbocycles. The lowest BCUT2D eigenvalue weighted by molar-refractivity contribution is 0.415. The fourth-order valence-corrected chi connectivity index (χ4v) is 2.77. The zero-order chi connectivity index (χ0) is 14.8. The Kier molecular flexibility index (Phi) is 3.84. The Morgan fingerprint density at radius 2 is 2.00 bits per heavy atom. The first-order valence-electron chi connectivity index (χ1n) is 6.67. The second-order valence-corrected chi connectivity index (χ2v) is 5.75. The van der Waals surface area contributed by atoms with Gasteiger partial charge in [0.25, 0.3) is 0 Å². The topological polar surface area (TPSA) is 50.9 Å². The van der Waals surface area contributed by atoms with Crippen molar-refractivity contribution in [3.05, 3.63) is 58.6 Å². The van der Waals surface area contributed by atoms with Gasteiger partial charge in [-0.3, -0.25) is 4.99 Å². The number of hydrogen-bond acceptors (Lipinski definition) is 4. The van der Waals surface area contributed by atoms with Gasteiger partial charge in [0.2, 0.25) is 0 Å². The van der Waals surface area contributed by atoms with E-state index in [2.05, 4.69) is 33.1 Å². The number of rotatable bonds is 3. The van der Waals surface area contributed by atoms with E-state index in [0.717, 1.165) is 15.9 Å². The molecule has 1 aliphatic rings. The molecule has 0 fully saturated rings. The molecule has 0 bridgehead atoms. The summed E-state index contributed by atoms with van der Waals surface area (Å²) in [5.41, 5.74) is 8.26. The monoisotopic (exact) mass is 345 g/mol. The van der Waals surface area contributed by atoms with Gasteiger partial charge in [-0.2, -0.15) is 0 Å². The SMILES string of the molecule is COc1cccc(N2C(N)=NCC2c2ccc(Br)cc2)c1. The smallest absolute Gasteiger partial charge is 0.196 e.